The van der Waals surface area contributed by atoms with Crippen LogP contribution in [0.5, 0.6) is 11.5 Å². The highest BCUT2D eigenvalue weighted by atomic mass is 35.5. The molecule has 10 nitrogen and oxygen atoms in total. The summed E-state index contributed by atoms with van der Waals surface area (Å²) >= 11 is 6.07. The number of aromatic nitrogens is 4. The Balaban J connectivity index is 1.58. The van der Waals surface area contributed by atoms with Crippen LogP contribution in [-0.2, 0) is 23.1 Å². The monoisotopic (exact) mass is 566 g/mol. The molecule has 1 aliphatic rings. The van der Waals surface area contributed by atoms with Gasteiger partial charge in [0.1, 0.15) is 17.5 Å². The lowest BCUT2D eigenvalue weighted by Gasteiger charge is -2.22. The third-order valence-electron chi connectivity index (χ3n) is 6.86. The molecule has 0 amide bonds. The lowest BCUT2D eigenvalue weighted by Crippen LogP contribution is -2.40. The van der Waals surface area contributed by atoms with Gasteiger partial charge >= 0.3 is 5.69 Å². The van der Waals surface area contributed by atoms with Gasteiger partial charge in [-0.25, -0.2) is 9.78 Å². The fourth-order valence-corrected chi connectivity index (χ4v) is 4.93. The van der Waals surface area contributed by atoms with Gasteiger partial charge in [-0.3, -0.25) is 18.9 Å². The molecule has 0 spiro atoms. The number of rotatable bonds is 9. The van der Waals surface area contributed by atoms with Gasteiger partial charge in [0.15, 0.2) is 12.0 Å². The number of ether oxygens (including phenoxy) is 3. The molecule has 1 aliphatic heterocycles. The summed E-state index contributed by atoms with van der Waals surface area (Å²) in [6.07, 6.45) is 6.41. The van der Waals surface area contributed by atoms with Crippen molar-refractivity contribution in [3.05, 3.63) is 91.5 Å². The maximum absolute atomic E-state index is 13.9. The number of nitrogens with zero attached hydrogens (tertiary/aromatic N) is 4. The molecule has 1 saturated heterocycles. The van der Waals surface area contributed by atoms with E-state index in [1.54, 1.807) is 43.6 Å². The number of aliphatic hydroxyl groups is 1. The van der Waals surface area contributed by atoms with Crippen LogP contribution in [0.25, 0.3) is 11.0 Å². The van der Waals surface area contributed by atoms with Crippen LogP contribution in [0, 0.1) is 6.92 Å². The molecule has 4 heterocycles. The predicted octanol–water partition coefficient (Wildman–Crippen LogP) is 4.26. The first-order chi connectivity index (χ1) is 19.3. The Morgan fingerprint density at radius 2 is 1.98 bits per heavy atom. The molecule has 2 atom stereocenters. The van der Waals surface area contributed by atoms with Crippen LogP contribution in [0.1, 0.15) is 48.5 Å². The summed E-state index contributed by atoms with van der Waals surface area (Å²) in [7, 11) is 1.55. The Labute approximate surface area is 235 Å². The summed E-state index contributed by atoms with van der Waals surface area (Å²) in [6, 6.07) is 8.42. The largest absolute Gasteiger partial charge is 0.454 e. The van der Waals surface area contributed by atoms with Crippen LogP contribution in [0.3, 0.4) is 0 Å². The number of hydrogen-bond acceptors (Lipinski definition) is 8. The summed E-state index contributed by atoms with van der Waals surface area (Å²) in [6.45, 7) is 3.00. The van der Waals surface area contributed by atoms with Gasteiger partial charge in [-0.05, 0) is 61.9 Å². The quantitative estimate of drug-likeness (QED) is 0.299. The minimum absolute atomic E-state index is 0.0826. The predicted molar refractivity (Wildman–Crippen MR) is 150 cm³/mol. The van der Waals surface area contributed by atoms with E-state index in [1.165, 1.54) is 17.0 Å². The molecule has 1 fully saturated rings. The van der Waals surface area contributed by atoms with Gasteiger partial charge in [0, 0.05) is 37.0 Å². The number of fused-ring (bicyclic) bond motifs is 1. The average Bonchev–Trinajstić information content (AvgIpc) is 2.96. The van der Waals surface area contributed by atoms with E-state index >= 15 is 0 Å². The van der Waals surface area contributed by atoms with Crippen LogP contribution in [0.15, 0.2) is 58.5 Å². The molecular weight excluding hydrogens is 536 g/mol. The molecule has 210 valence electrons. The van der Waals surface area contributed by atoms with E-state index in [2.05, 4.69) is 9.97 Å². The van der Waals surface area contributed by atoms with Gasteiger partial charge in [-0.2, -0.15) is 0 Å². The maximum Gasteiger partial charge on any atom is 0.332 e. The van der Waals surface area contributed by atoms with E-state index in [9.17, 15) is 14.7 Å². The Morgan fingerprint density at radius 1 is 1.18 bits per heavy atom. The summed E-state index contributed by atoms with van der Waals surface area (Å²) in [5.41, 5.74) is 0.602. The molecule has 0 bridgehead atoms. The SMILES string of the molecule is Cc1cncc(Oc2cnc3c(c2C(O)c2ccc(Cl)cc2)c(=O)n(CCCOC2CCCCO2)c(=O)n3C)c1. The van der Waals surface area contributed by atoms with Gasteiger partial charge in [-0.1, -0.05) is 23.7 Å². The fourth-order valence-electron chi connectivity index (χ4n) is 4.81. The summed E-state index contributed by atoms with van der Waals surface area (Å²) in [5.74, 6) is 0.584. The molecule has 4 aromatic rings. The van der Waals surface area contributed by atoms with Crippen molar-refractivity contribution in [1.29, 1.82) is 0 Å². The second-order valence-electron chi connectivity index (χ2n) is 9.81. The number of aryl methyl sites for hydroxylation is 2. The van der Waals surface area contributed by atoms with Crippen LogP contribution in [0.4, 0.5) is 0 Å². The minimum Gasteiger partial charge on any atom is -0.454 e. The molecule has 0 aliphatic carbocycles. The Kier molecular flexibility index (Phi) is 8.60. The van der Waals surface area contributed by atoms with E-state index in [4.69, 9.17) is 25.8 Å². The van der Waals surface area contributed by atoms with Crippen molar-refractivity contribution in [3.8, 4) is 11.5 Å². The zero-order valence-corrected chi connectivity index (χ0v) is 23.1. The lowest BCUT2D eigenvalue weighted by atomic mass is 9.98. The molecule has 1 N–H and O–H groups in total. The number of pyridine rings is 2. The van der Waals surface area contributed by atoms with Crippen molar-refractivity contribution in [2.45, 2.75) is 51.5 Å². The minimum atomic E-state index is -1.28. The second-order valence-corrected chi connectivity index (χ2v) is 10.2. The standard InChI is InChI=1S/C29H31ClN4O6/c1-18-14-21(16-31-15-18)40-22-17-32-27-25(24(22)26(35)19-7-9-20(30)10-8-19)28(36)34(29(37)33(27)2)11-5-13-39-23-6-3-4-12-38-23/h7-10,14-17,23,26,35H,3-6,11-13H2,1-2H3. The van der Waals surface area contributed by atoms with Crippen LogP contribution in [-0.4, -0.2) is 43.7 Å². The van der Waals surface area contributed by atoms with Crippen molar-refractivity contribution in [2.24, 2.45) is 7.05 Å². The van der Waals surface area contributed by atoms with E-state index in [-0.39, 0.29) is 35.2 Å². The smallest absolute Gasteiger partial charge is 0.332 e. The Bertz CT molecular complexity index is 1610. The van der Waals surface area contributed by atoms with E-state index in [0.717, 1.165) is 29.4 Å². The van der Waals surface area contributed by atoms with E-state index < -0.39 is 17.4 Å². The van der Waals surface area contributed by atoms with Crippen molar-refractivity contribution in [1.82, 2.24) is 19.1 Å². The first kappa shape index (κ1) is 28.0. The number of halogens is 1. The summed E-state index contributed by atoms with van der Waals surface area (Å²) in [5, 5.41) is 12.2. The first-order valence-corrected chi connectivity index (χ1v) is 13.6. The van der Waals surface area contributed by atoms with Crippen LogP contribution in [0.2, 0.25) is 5.02 Å². The van der Waals surface area contributed by atoms with Crippen molar-refractivity contribution < 1.29 is 19.3 Å². The zero-order chi connectivity index (χ0) is 28.2. The van der Waals surface area contributed by atoms with E-state index in [0.29, 0.717) is 36.0 Å². The van der Waals surface area contributed by atoms with Crippen LogP contribution < -0.4 is 16.0 Å². The maximum atomic E-state index is 13.9. The second kappa shape index (κ2) is 12.3. The summed E-state index contributed by atoms with van der Waals surface area (Å²) in [4.78, 5) is 35.7. The third kappa shape index (κ3) is 5.95. The third-order valence-corrected chi connectivity index (χ3v) is 7.11. The molecule has 0 saturated carbocycles. The van der Waals surface area contributed by atoms with Gasteiger partial charge in [-0.15, -0.1) is 0 Å². The summed E-state index contributed by atoms with van der Waals surface area (Å²) < 4.78 is 19.9. The Morgan fingerprint density at radius 3 is 2.70 bits per heavy atom. The number of benzene rings is 1. The Hall–Kier alpha value is -3.57. The molecular formula is C29H31ClN4O6. The van der Waals surface area contributed by atoms with Gasteiger partial charge < -0.3 is 19.3 Å². The normalized spacial score (nSPS) is 16.2. The molecule has 5 rings (SSSR count). The van der Waals surface area contributed by atoms with Gasteiger partial charge in [0.25, 0.3) is 5.56 Å². The van der Waals surface area contributed by atoms with Crippen molar-refractivity contribution in [2.75, 3.05) is 13.2 Å². The highest BCUT2D eigenvalue weighted by Crippen LogP contribution is 2.36. The lowest BCUT2D eigenvalue weighted by molar-refractivity contribution is -0.163. The molecule has 1 aromatic carbocycles. The molecule has 0 radical (unpaired) electrons. The topological polar surface area (TPSA) is 118 Å². The molecule has 11 heteroatoms. The van der Waals surface area contributed by atoms with E-state index in [1.807, 2.05) is 6.92 Å². The average molecular weight is 567 g/mol. The highest BCUT2D eigenvalue weighted by Gasteiger charge is 2.26. The first-order valence-electron chi connectivity index (χ1n) is 13.2. The number of aliphatic hydroxyl groups excluding tert-OH is 1. The van der Waals surface area contributed by atoms with Crippen molar-refractivity contribution in [3.63, 3.8) is 0 Å². The molecule has 3 aromatic heterocycles. The van der Waals surface area contributed by atoms with Gasteiger partial charge in [0.2, 0.25) is 0 Å². The van der Waals surface area contributed by atoms with Gasteiger partial charge in [0.05, 0.1) is 24.4 Å². The fraction of sp³-hybridized carbons (Fsp3) is 0.379. The molecule has 2 unspecified atom stereocenters. The van der Waals surface area contributed by atoms with Crippen LogP contribution >= 0.6 is 11.6 Å². The molecule has 40 heavy (non-hydrogen) atoms. The highest BCUT2D eigenvalue weighted by molar-refractivity contribution is 6.30. The zero-order valence-electron chi connectivity index (χ0n) is 22.4. The van der Waals surface area contributed by atoms with Crippen molar-refractivity contribution >= 4 is 22.6 Å². The number of hydrogen-bond donors (Lipinski definition) is 1.